The number of hydrogen-bond donors (Lipinski definition) is 0. The van der Waals surface area contributed by atoms with E-state index in [2.05, 4.69) is 249 Å². The highest BCUT2D eigenvalue weighted by atomic mass is 15.0. The Balaban J connectivity index is 0.984. The normalized spacial score (nSPS) is 11.8. The average molecular weight is 994 g/mol. The summed E-state index contributed by atoms with van der Waals surface area (Å²) in [4.78, 5) is 11.0. The van der Waals surface area contributed by atoms with Crippen molar-refractivity contribution < 1.29 is 0 Å². The number of rotatable bonds is 7. The van der Waals surface area contributed by atoms with E-state index in [-0.39, 0.29) is 0 Å². The summed E-state index contributed by atoms with van der Waals surface area (Å²) in [6, 6.07) is 94.8. The van der Waals surface area contributed by atoms with Crippen molar-refractivity contribution in [1.29, 1.82) is 5.26 Å². The Labute approximate surface area is 447 Å². The highest BCUT2D eigenvalue weighted by Gasteiger charge is 2.25. The topological polar surface area (TPSA) is 69.3 Å². The molecule has 7 nitrogen and oxygen atoms in total. The molecular weight excluding hydrogens is 951 g/mol. The van der Waals surface area contributed by atoms with Crippen molar-refractivity contribution in [3.8, 4) is 62.7 Å². The van der Waals surface area contributed by atoms with Gasteiger partial charge in [-0.15, -0.1) is 0 Å². The van der Waals surface area contributed by atoms with Crippen LogP contribution in [0.25, 0.3) is 144 Å². The molecule has 0 saturated heterocycles. The highest BCUT2D eigenvalue weighted by Crippen LogP contribution is 2.43. The van der Waals surface area contributed by atoms with Gasteiger partial charge in [0.25, 0.3) is 0 Å². The summed E-state index contributed by atoms with van der Waals surface area (Å²) in [5.74, 6) is 0.540. The molecule has 362 valence electrons. The van der Waals surface area contributed by atoms with Crippen LogP contribution in [0.15, 0.2) is 261 Å². The van der Waals surface area contributed by atoms with Crippen LogP contribution in [0.5, 0.6) is 0 Å². The maximum absolute atomic E-state index is 11.6. The number of aromatic nitrogens is 6. The lowest BCUT2D eigenvalue weighted by molar-refractivity contribution is 1.11. The molecule has 0 atom stereocenters. The summed E-state index contributed by atoms with van der Waals surface area (Å²) in [7, 11) is 0. The van der Waals surface area contributed by atoms with Crippen molar-refractivity contribution in [2.45, 2.75) is 0 Å². The lowest BCUT2D eigenvalue weighted by Crippen LogP contribution is -2.06. The van der Waals surface area contributed by atoms with E-state index < -0.39 is 0 Å². The largest absolute Gasteiger partial charge is 0.309 e. The fourth-order valence-electron chi connectivity index (χ4n) is 12.4. The van der Waals surface area contributed by atoms with Crippen LogP contribution < -0.4 is 0 Å². The second-order valence-electron chi connectivity index (χ2n) is 20.0. The van der Waals surface area contributed by atoms with Gasteiger partial charge in [-0.3, -0.25) is 0 Å². The lowest BCUT2D eigenvalue weighted by atomic mass is 10.0. The molecular formula is C71H43N7. The molecule has 0 bridgehead atoms. The van der Waals surface area contributed by atoms with E-state index in [4.69, 9.17) is 9.97 Å². The first-order valence-electron chi connectivity index (χ1n) is 26.3. The molecule has 0 aliphatic heterocycles. The lowest BCUT2D eigenvalue weighted by Gasteiger charge is -2.19. The molecule has 0 saturated carbocycles. The molecule has 0 unspecified atom stereocenters. The molecule has 0 N–H and O–H groups in total. The van der Waals surface area contributed by atoms with E-state index in [0.29, 0.717) is 11.4 Å². The predicted molar refractivity (Wildman–Crippen MR) is 320 cm³/mol. The molecule has 16 aromatic rings. The van der Waals surface area contributed by atoms with Crippen molar-refractivity contribution in [2.75, 3.05) is 0 Å². The molecule has 0 aliphatic rings. The summed E-state index contributed by atoms with van der Waals surface area (Å²) in [5, 5.41) is 20.8. The van der Waals surface area contributed by atoms with E-state index in [1.54, 1.807) is 0 Å². The molecule has 0 aliphatic carbocycles. The van der Waals surface area contributed by atoms with Gasteiger partial charge in [-0.2, -0.15) is 5.26 Å². The van der Waals surface area contributed by atoms with Crippen LogP contribution in [0.3, 0.4) is 0 Å². The maximum atomic E-state index is 11.6. The van der Waals surface area contributed by atoms with E-state index in [0.717, 1.165) is 117 Å². The minimum atomic E-state index is 0.512. The highest BCUT2D eigenvalue weighted by molar-refractivity contribution is 6.14. The Bertz CT molecular complexity index is 5000. The van der Waals surface area contributed by atoms with E-state index in [1.807, 2.05) is 36.4 Å². The smallest absolute Gasteiger partial charge is 0.162 e. The van der Waals surface area contributed by atoms with Crippen LogP contribution in [-0.4, -0.2) is 28.2 Å². The molecule has 0 fully saturated rings. The number of para-hydroxylation sites is 6. The van der Waals surface area contributed by atoms with Gasteiger partial charge in [0.2, 0.25) is 0 Å². The Morgan fingerprint density at radius 2 is 0.615 bits per heavy atom. The second kappa shape index (κ2) is 17.1. The fourth-order valence-corrected chi connectivity index (χ4v) is 12.4. The minimum Gasteiger partial charge on any atom is -0.309 e. The third kappa shape index (κ3) is 6.51. The van der Waals surface area contributed by atoms with Gasteiger partial charge in [-0.25, -0.2) is 9.97 Å². The van der Waals surface area contributed by atoms with Gasteiger partial charge >= 0.3 is 0 Å². The monoisotopic (exact) mass is 993 g/mol. The Hall–Kier alpha value is -10.8. The van der Waals surface area contributed by atoms with E-state index in [9.17, 15) is 5.26 Å². The van der Waals surface area contributed by atoms with Crippen molar-refractivity contribution >= 4 is 87.2 Å². The maximum Gasteiger partial charge on any atom is 0.162 e. The quantitative estimate of drug-likeness (QED) is 0.160. The van der Waals surface area contributed by atoms with Gasteiger partial charge in [-0.05, 0) is 91.0 Å². The number of nitrogens with zero attached hydrogens (tertiary/aromatic N) is 7. The fraction of sp³-hybridized carbons (Fsp3) is 0. The van der Waals surface area contributed by atoms with Crippen LogP contribution in [-0.2, 0) is 0 Å². The number of fused-ring (bicyclic) bond motifs is 12. The summed E-state index contributed by atoms with van der Waals surface area (Å²) in [5.41, 5.74) is 17.0. The average Bonchev–Trinajstić information content (AvgIpc) is 4.31. The van der Waals surface area contributed by atoms with Crippen LogP contribution in [0.1, 0.15) is 5.56 Å². The van der Waals surface area contributed by atoms with Gasteiger partial charge in [0.1, 0.15) is 6.07 Å². The first kappa shape index (κ1) is 43.6. The van der Waals surface area contributed by atoms with Gasteiger partial charge in [-0.1, -0.05) is 170 Å². The zero-order chi connectivity index (χ0) is 51.4. The zero-order valence-electron chi connectivity index (χ0n) is 42.0. The van der Waals surface area contributed by atoms with E-state index in [1.165, 1.54) is 21.5 Å². The number of benzene rings is 11. The third-order valence-electron chi connectivity index (χ3n) is 15.8. The van der Waals surface area contributed by atoms with Crippen molar-refractivity contribution in [3.05, 3.63) is 266 Å². The molecule has 11 aromatic carbocycles. The SMILES string of the molecule is N#Cc1cc(-n2c3ccccc3c3cc(-n4c5ccccc5c5ccccc54)ccc32)c(-c2nc(-c3ccccc3)cc(-c3ccccc3)n2)cc1-n1c2ccccc2c2cc(-n3c4ccccc4c4ccccc43)ccc21. The standard InChI is InChI=1S/C71H43N7/c72-44-47-39-70(78-66-34-18-12-28-55(66)57-41-49(36-38-68(57)78)76-63-31-15-9-25-52(63)53-26-10-16-32-64(53)76)58(71-73-59(45-19-3-1-4-20-45)43-60(74-71)46-21-5-2-6-22-46)42-69(47)77-65-33-17-11-27-54(65)56-40-48(35-37-67(56)77)75-61-29-13-7-23-50(61)51-24-8-14-30-62(51)75/h1-43H. The molecule has 0 radical (unpaired) electrons. The molecule has 5 heterocycles. The molecule has 16 rings (SSSR count). The second-order valence-corrected chi connectivity index (χ2v) is 20.0. The van der Waals surface area contributed by atoms with Gasteiger partial charge in [0, 0.05) is 71.2 Å². The Kier molecular flexibility index (Phi) is 9.56. The summed E-state index contributed by atoms with van der Waals surface area (Å²) in [6.45, 7) is 0. The van der Waals surface area contributed by atoms with E-state index >= 15 is 0 Å². The summed E-state index contributed by atoms with van der Waals surface area (Å²) in [6.07, 6.45) is 0. The van der Waals surface area contributed by atoms with Crippen molar-refractivity contribution in [2.24, 2.45) is 0 Å². The molecule has 0 spiro atoms. The van der Waals surface area contributed by atoms with Crippen LogP contribution in [0.2, 0.25) is 0 Å². The predicted octanol–water partition coefficient (Wildman–Crippen LogP) is 17.7. The van der Waals surface area contributed by atoms with Crippen molar-refractivity contribution in [3.63, 3.8) is 0 Å². The Morgan fingerprint density at radius 3 is 1.01 bits per heavy atom. The van der Waals surface area contributed by atoms with Gasteiger partial charge in [0.05, 0.1) is 72.5 Å². The van der Waals surface area contributed by atoms with Crippen LogP contribution >= 0.6 is 0 Å². The molecule has 5 aromatic heterocycles. The third-order valence-corrected chi connectivity index (χ3v) is 15.8. The van der Waals surface area contributed by atoms with Gasteiger partial charge < -0.3 is 18.3 Å². The van der Waals surface area contributed by atoms with Crippen LogP contribution in [0, 0.1) is 11.3 Å². The zero-order valence-corrected chi connectivity index (χ0v) is 42.0. The number of hydrogen-bond acceptors (Lipinski definition) is 3. The minimum absolute atomic E-state index is 0.512. The summed E-state index contributed by atoms with van der Waals surface area (Å²) >= 11 is 0. The summed E-state index contributed by atoms with van der Waals surface area (Å²) < 4.78 is 9.30. The molecule has 78 heavy (non-hydrogen) atoms. The van der Waals surface area contributed by atoms with Crippen molar-refractivity contribution in [1.82, 2.24) is 28.2 Å². The molecule has 7 heteroatoms. The first-order valence-corrected chi connectivity index (χ1v) is 26.3. The molecule has 0 amide bonds. The first-order chi connectivity index (χ1) is 38.7. The van der Waals surface area contributed by atoms with Crippen LogP contribution in [0.4, 0.5) is 0 Å². The van der Waals surface area contributed by atoms with Gasteiger partial charge in [0.15, 0.2) is 5.82 Å². The number of nitriles is 1. The Morgan fingerprint density at radius 1 is 0.282 bits per heavy atom.